The van der Waals surface area contributed by atoms with Crippen molar-refractivity contribution < 1.29 is 19.5 Å². The monoisotopic (exact) mass is 417 g/mol. The van der Waals surface area contributed by atoms with Crippen molar-refractivity contribution in [2.24, 2.45) is 11.5 Å². The second kappa shape index (κ2) is 11.9. The van der Waals surface area contributed by atoms with E-state index in [0.717, 1.165) is 16.5 Å². The number of aromatic amines is 1. The van der Waals surface area contributed by atoms with E-state index in [-0.39, 0.29) is 18.2 Å². The Morgan fingerprint density at radius 3 is 2.63 bits per heavy atom. The van der Waals surface area contributed by atoms with E-state index in [0.29, 0.717) is 45.2 Å². The molecule has 0 spiro atoms. The van der Waals surface area contributed by atoms with E-state index in [1.807, 2.05) is 30.5 Å². The lowest BCUT2D eigenvalue weighted by Crippen LogP contribution is -2.43. The van der Waals surface area contributed by atoms with E-state index in [2.05, 4.69) is 15.6 Å². The number of aromatic nitrogens is 1. The normalized spacial score (nSPS) is 13.0. The maximum Gasteiger partial charge on any atom is 0.326 e. The molecule has 30 heavy (non-hydrogen) atoms. The zero-order valence-electron chi connectivity index (χ0n) is 17.0. The molecule has 0 radical (unpaired) electrons. The molecule has 1 heterocycles. The third-order valence-corrected chi connectivity index (χ3v) is 4.91. The fourth-order valence-corrected chi connectivity index (χ4v) is 3.24. The highest BCUT2D eigenvalue weighted by atomic mass is 16.4. The van der Waals surface area contributed by atoms with Crippen LogP contribution >= 0.6 is 0 Å². The van der Waals surface area contributed by atoms with Crippen LogP contribution in [0.3, 0.4) is 0 Å². The third kappa shape index (κ3) is 7.16. The fraction of sp³-hybridized carbons (Fsp3) is 0.476. The number of hydrogen-bond donors (Lipinski definition) is 6. The summed E-state index contributed by atoms with van der Waals surface area (Å²) in [5, 5.41) is 15.5. The van der Waals surface area contributed by atoms with Gasteiger partial charge in [0.25, 0.3) is 0 Å². The Morgan fingerprint density at radius 2 is 1.90 bits per heavy atom. The Kier molecular flexibility index (Phi) is 9.30. The minimum Gasteiger partial charge on any atom is -0.480 e. The number of H-pyrrole nitrogens is 1. The molecule has 0 saturated heterocycles. The van der Waals surface area contributed by atoms with Crippen molar-refractivity contribution >= 4 is 28.7 Å². The lowest BCUT2D eigenvalue weighted by atomic mass is 10.1. The van der Waals surface area contributed by atoms with Gasteiger partial charge in [-0.2, -0.15) is 0 Å². The summed E-state index contributed by atoms with van der Waals surface area (Å²) in [5.74, 6) is -1.70. The summed E-state index contributed by atoms with van der Waals surface area (Å²) in [6.45, 7) is 0.779. The number of carboxylic acid groups (broad SMARTS) is 1. The maximum atomic E-state index is 12.2. The van der Waals surface area contributed by atoms with Crippen molar-refractivity contribution in [3.05, 3.63) is 36.0 Å². The van der Waals surface area contributed by atoms with Gasteiger partial charge in [0.15, 0.2) is 0 Å². The Balaban J connectivity index is 1.69. The number of amides is 2. The Hall–Kier alpha value is -2.91. The minimum atomic E-state index is -1.06. The number of rotatable bonds is 13. The van der Waals surface area contributed by atoms with E-state index < -0.39 is 18.1 Å². The van der Waals surface area contributed by atoms with E-state index in [9.17, 15) is 19.5 Å². The van der Waals surface area contributed by atoms with Crippen LogP contribution in [0.15, 0.2) is 30.5 Å². The zero-order valence-corrected chi connectivity index (χ0v) is 17.0. The quantitative estimate of drug-likeness (QED) is 0.262. The summed E-state index contributed by atoms with van der Waals surface area (Å²) in [5.41, 5.74) is 13.4. The molecule has 8 N–H and O–H groups in total. The van der Waals surface area contributed by atoms with Gasteiger partial charge in [-0.15, -0.1) is 0 Å². The molecule has 0 aliphatic heterocycles. The molecule has 2 rings (SSSR count). The van der Waals surface area contributed by atoms with Crippen molar-refractivity contribution in [2.45, 2.75) is 50.6 Å². The number of carbonyl (C=O) groups is 3. The number of unbranched alkanes of at least 4 members (excludes halogenated alkanes) is 1. The first kappa shape index (κ1) is 23.4. The Morgan fingerprint density at radius 1 is 1.13 bits per heavy atom. The SMILES string of the molecule is NCCCC[C@H](NC(=O)CCCNC(=O)[C@@H](N)Cc1c[nH]c2ccccc12)C(=O)O. The largest absolute Gasteiger partial charge is 0.480 e. The van der Waals surface area contributed by atoms with E-state index in [1.54, 1.807) is 0 Å². The number of para-hydroxylation sites is 1. The first-order valence-corrected chi connectivity index (χ1v) is 10.2. The predicted molar refractivity (Wildman–Crippen MR) is 115 cm³/mol. The van der Waals surface area contributed by atoms with Gasteiger partial charge < -0.3 is 32.2 Å². The average Bonchev–Trinajstić information content (AvgIpc) is 3.13. The van der Waals surface area contributed by atoms with Gasteiger partial charge in [0.2, 0.25) is 11.8 Å². The highest BCUT2D eigenvalue weighted by Gasteiger charge is 2.19. The summed E-state index contributed by atoms with van der Waals surface area (Å²) >= 11 is 0. The maximum absolute atomic E-state index is 12.2. The van der Waals surface area contributed by atoms with Crippen LogP contribution in [0.2, 0.25) is 0 Å². The van der Waals surface area contributed by atoms with Gasteiger partial charge in [-0.3, -0.25) is 9.59 Å². The fourth-order valence-electron chi connectivity index (χ4n) is 3.24. The third-order valence-electron chi connectivity index (χ3n) is 4.91. The second-order valence-electron chi connectivity index (χ2n) is 7.31. The molecule has 9 heteroatoms. The van der Waals surface area contributed by atoms with E-state index in [1.165, 1.54) is 0 Å². The molecular weight excluding hydrogens is 386 g/mol. The van der Waals surface area contributed by atoms with Gasteiger partial charge in [-0.05, 0) is 50.3 Å². The van der Waals surface area contributed by atoms with Crippen LogP contribution in [0, 0.1) is 0 Å². The first-order chi connectivity index (χ1) is 14.4. The van der Waals surface area contributed by atoms with Crippen LogP contribution in [0.1, 0.15) is 37.7 Å². The van der Waals surface area contributed by atoms with Gasteiger partial charge in [-0.1, -0.05) is 18.2 Å². The van der Waals surface area contributed by atoms with Gasteiger partial charge in [0, 0.05) is 30.1 Å². The summed E-state index contributed by atoms with van der Waals surface area (Å²) < 4.78 is 0. The lowest BCUT2D eigenvalue weighted by molar-refractivity contribution is -0.142. The molecule has 2 atom stereocenters. The predicted octanol–water partition coefficient (Wildman–Crippen LogP) is 0.633. The Labute approximate surface area is 175 Å². The van der Waals surface area contributed by atoms with Crippen LogP contribution in [0.25, 0.3) is 10.9 Å². The molecule has 0 aliphatic rings. The Bertz CT molecular complexity index is 851. The van der Waals surface area contributed by atoms with Crippen LogP contribution in [0.5, 0.6) is 0 Å². The topological polar surface area (TPSA) is 163 Å². The molecule has 2 amide bonds. The molecule has 9 nitrogen and oxygen atoms in total. The molecular formula is C21H31N5O4. The van der Waals surface area contributed by atoms with Gasteiger partial charge >= 0.3 is 5.97 Å². The number of benzene rings is 1. The summed E-state index contributed by atoms with van der Waals surface area (Å²) in [4.78, 5) is 38.6. The molecule has 164 valence electrons. The molecule has 1 aromatic heterocycles. The second-order valence-corrected chi connectivity index (χ2v) is 7.31. The van der Waals surface area contributed by atoms with Gasteiger partial charge in [0.1, 0.15) is 6.04 Å². The number of nitrogens with two attached hydrogens (primary N) is 2. The number of carbonyl (C=O) groups excluding carboxylic acids is 2. The molecule has 0 saturated carbocycles. The molecule has 0 aliphatic carbocycles. The molecule has 0 bridgehead atoms. The van der Waals surface area contributed by atoms with Crippen molar-refractivity contribution in [1.82, 2.24) is 15.6 Å². The summed E-state index contributed by atoms with van der Waals surface area (Å²) in [6.07, 6.45) is 4.47. The van der Waals surface area contributed by atoms with Crippen molar-refractivity contribution in [2.75, 3.05) is 13.1 Å². The minimum absolute atomic E-state index is 0.124. The van der Waals surface area contributed by atoms with Gasteiger partial charge in [-0.25, -0.2) is 4.79 Å². The van der Waals surface area contributed by atoms with Crippen LogP contribution in [-0.4, -0.2) is 53.0 Å². The van der Waals surface area contributed by atoms with Crippen molar-refractivity contribution in [1.29, 1.82) is 0 Å². The highest BCUT2D eigenvalue weighted by Crippen LogP contribution is 2.18. The smallest absolute Gasteiger partial charge is 0.326 e. The highest BCUT2D eigenvalue weighted by molar-refractivity contribution is 5.86. The van der Waals surface area contributed by atoms with E-state index >= 15 is 0 Å². The number of carboxylic acids is 1. The molecule has 1 aromatic carbocycles. The number of hydrogen-bond acceptors (Lipinski definition) is 5. The summed E-state index contributed by atoms with van der Waals surface area (Å²) in [7, 11) is 0. The zero-order chi connectivity index (χ0) is 21.9. The lowest BCUT2D eigenvalue weighted by Gasteiger charge is -2.15. The average molecular weight is 418 g/mol. The standard InChI is InChI=1S/C21H31N5O4/c22-10-4-3-8-18(21(29)30)26-19(27)9-5-11-24-20(28)16(23)12-14-13-25-17-7-2-1-6-15(14)17/h1-2,6-7,13,16,18,25H,3-5,8-12,22-23H2,(H,24,28)(H,26,27)(H,29,30)/t16-,18-/m0/s1. The van der Waals surface area contributed by atoms with Crippen molar-refractivity contribution in [3.8, 4) is 0 Å². The number of fused-ring (bicyclic) bond motifs is 1. The van der Waals surface area contributed by atoms with Crippen LogP contribution in [-0.2, 0) is 20.8 Å². The van der Waals surface area contributed by atoms with E-state index in [4.69, 9.17) is 11.5 Å². The molecule has 0 fully saturated rings. The van der Waals surface area contributed by atoms with Gasteiger partial charge in [0.05, 0.1) is 6.04 Å². The first-order valence-electron chi connectivity index (χ1n) is 10.2. The number of aliphatic carboxylic acids is 1. The summed E-state index contributed by atoms with van der Waals surface area (Å²) in [6, 6.07) is 6.20. The number of nitrogens with one attached hydrogen (secondary N) is 3. The van der Waals surface area contributed by atoms with Crippen LogP contribution in [0.4, 0.5) is 0 Å². The van der Waals surface area contributed by atoms with Crippen molar-refractivity contribution in [3.63, 3.8) is 0 Å². The molecule has 0 unspecified atom stereocenters. The molecule has 2 aromatic rings. The van der Waals surface area contributed by atoms with Crippen LogP contribution < -0.4 is 22.1 Å².